The number of ether oxygens (including phenoxy) is 3. The molecule has 0 unspecified atom stereocenters. The number of alkyl halides is 2. The van der Waals surface area contributed by atoms with E-state index in [0.717, 1.165) is 22.5 Å². The largest absolute Gasteiger partial charge is 0.586 e. The molecule has 0 spiro atoms. The van der Waals surface area contributed by atoms with Crippen LogP contribution >= 0.6 is 0 Å². The predicted molar refractivity (Wildman–Crippen MR) is 122 cm³/mol. The van der Waals surface area contributed by atoms with Crippen molar-refractivity contribution in [3.05, 3.63) is 65.4 Å². The first-order chi connectivity index (χ1) is 16.5. The van der Waals surface area contributed by atoms with Crippen molar-refractivity contribution >= 4 is 23.4 Å². The number of hydrogen-bond donors (Lipinski definition) is 2. The second kappa shape index (κ2) is 7.88. The Labute approximate surface area is 193 Å². The van der Waals surface area contributed by atoms with E-state index in [1.165, 1.54) is 6.07 Å². The number of aromatic nitrogens is 1. The zero-order valence-corrected chi connectivity index (χ0v) is 18.1. The number of hydrogen-bond acceptors (Lipinski definition) is 5. The van der Waals surface area contributed by atoms with Crippen molar-refractivity contribution in [1.29, 1.82) is 0 Å². The average Bonchev–Trinajstić information content (AvgIpc) is 3.42. The lowest BCUT2D eigenvalue weighted by molar-refractivity contribution is -0.286. The summed E-state index contributed by atoms with van der Waals surface area (Å²) < 4.78 is 42.2. The zero-order valence-electron chi connectivity index (χ0n) is 18.1. The molecule has 0 radical (unpaired) electrons. The van der Waals surface area contributed by atoms with E-state index < -0.39 is 6.29 Å². The first-order valence-electron chi connectivity index (χ1n) is 11.0. The van der Waals surface area contributed by atoms with E-state index in [9.17, 15) is 13.6 Å². The highest BCUT2D eigenvalue weighted by Gasteiger charge is 2.44. The maximum absolute atomic E-state index is 13.7. The molecule has 34 heavy (non-hydrogen) atoms. The minimum absolute atomic E-state index is 0.000233. The molecule has 1 fully saturated rings. The molecule has 9 heteroatoms. The first-order valence-corrected chi connectivity index (χ1v) is 11.0. The van der Waals surface area contributed by atoms with Gasteiger partial charge in [-0.15, -0.1) is 8.78 Å². The van der Waals surface area contributed by atoms with Crippen molar-refractivity contribution < 1.29 is 27.8 Å². The number of benzene rings is 2. The number of nitrogens with zero attached hydrogens (tertiary/aromatic N) is 1. The Hall–Kier alpha value is -3.85. The van der Waals surface area contributed by atoms with Gasteiger partial charge in [-0.05, 0) is 35.4 Å². The molecule has 1 amide bonds. The summed E-state index contributed by atoms with van der Waals surface area (Å²) in [6, 6.07) is 12.4. The molecule has 2 N–H and O–H groups in total. The van der Waals surface area contributed by atoms with Gasteiger partial charge in [-0.2, -0.15) is 0 Å². The molecular formula is C25H21F2N3O4. The van der Waals surface area contributed by atoms with Crippen molar-refractivity contribution in [3.63, 3.8) is 0 Å². The van der Waals surface area contributed by atoms with Crippen LogP contribution in [0.3, 0.4) is 0 Å². The molecular weight excluding hydrogens is 444 g/mol. The molecule has 4 heterocycles. The number of H-pyrrole nitrogens is 1. The predicted octanol–water partition coefficient (Wildman–Crippen LogP) is 4.44. The summed E-state index contributed by atoms with van der Waals surface area (Å²) >= 11 is 0. The van der Waals surface area contributed by atoms with Gasteiger partial charge < -0.3 is 29.4 Å². The molecule has 174 valence electrons. The normalized spacial score (nSPS) is 18.2. The van der Waals surface area contributed by atoms with Crippen LogP contribution in [-0.4, -0.2) is 54.9 Å². The number of morpholine rings is 1. The summed E-state index contributed by atoms with van der Waals surface area (Å²) in [4.78, 5) is 17.9. The number of fused-ring (bicyclic) bond motifs is 2. The van der Waals surface area contributed by atoms with Crippen molar-refractivity contribution in [2.24, 2.45) is 0 Å². The molecule has 7 nitrogen and oxygen atoms in total. The molecule has 1 aromatic heterocycles. The topological polar surface area (TPSA) is 75.8 Å². The first kappa shape index (κ1) is 20.7. The highest BCUT2D eigenvalue weighted by atomic mass is 19.3. The van der Waals surface area contributed by atoms with E-state index in [4.69, 9.17) is 9.47 Å². The third-order valence-electron chi connectivity index (χ3n) is 6.19. The third kappa shape index (κ3) is 3.58. The minimum Gasteiger partial charge on any atom is -0.395 e. The number of para-hydroxylation sites is 1. The average molecular weight is 465 g/mol. The summed E-state index contributed by atoms with van der Waals surface area (Å²) in [5.74, 6) is 0.769. The Morgan fingerprint density at radius 3 is 2.71 bits per heavy atom. The Bertz CT molecular complexity index is 1310. The number of amides is 1. The number of anilines is 1. The summed E-state index contributed by atoms with van der Waals surface area (Å²) in [5.41, 5.74) is 4.53. The van der Waals surface area contributed by atoms with Crippen LogP contribution in [0.2, 0.25) is 0 Å². The highest BCUT2D eigenvalue weighted by molar-refractivity contribution is 5.99. The summed E-state index contributed by atoms with van der Waals surface area (Å²) in [6.45, 7) is 2.80. The van der Waals surface area contributed by atoms with Crippen molar-refractivity contribution in [2.45, 2.75) is 6.29 Å². The van der Waals surface area contributed by atoms with E-state index in [-0.39, 0.29) is 17.4 Å². The third-order valence-corrected chi connectivity index (χ3v) is 6.19. The molecule has 0 saturated carbocycles. The number of halogens is 2. The van der Waals surface area contributed by atoms with Crippen LogP contribution in [0.5, 0.6) is 11.5 Å². The van der Waals surface area contributed by atoms with Gasteiger partial charge in [0.05, 0.1) is 13.2 Å². The standard InChI is InChI=1S/C25H21F2N3O4/c26-25(27)33-21-6-2-5-18(22(21)34-25)20-14-29-23-19(20)12-17(13-28-23)15-3-1-4-16(11-15)24(31)30-7-9-32-10-8-30/h1-6,11-12,14,28-29H,7-10,13H2. The van der Waals surface area contributed by atoms with Gasteiger partial charge in [0.15, 0.2) is 11.5 Å². The van der Waals surface area contributed by atoms with Crippen LogP contribution in [0.4, 0.5) is 14.6 Å². The Morgan fingerprint density at radius 2 is 1.85 bits per heavy atom. The van der Waals surface area contributed by atoms with Crippen molar-refractivity contribution in [2.75, 3.05) is 38.2 Å². The molecule has 0 bridgehead atoms. The number of aromatic amines is 1. The SMILES string of the molecule is O=C(c1cccc(C2=Cc3c(-c4cccc5c4OC(F)(F)O5)c[nH]c3NC2)c1)N1CCOCC1. The number of carbonyl (C=O) groups excluding carboxylic acids is 1. The Kier molecular flexibility index (Phi) is 4.80. The van der Waals surface area contributed by atoms with Gasteiger partial charge in [0, 0.05) is 48.1 Å². The van der Waals surface area contributed by atoms with Crippen LogP contribution in [0.15, 0.2) is 48.7 Å². The van der Waals surface area contributed by atoms with Crippen molar-refractivity contribution in [1.82, 2.24) is 9.88 Å². The van der Waals surface area contributed by atoms with Crippen LogP contribution < -0.4 is 14.8 Å². The lowest BCUT2D eigenvalue weighted by Gasteiger charge is -2.27. The second-order valence-electron chi connectivity index (χ2n) is 8.30. The summed E-state index contributed by atoms with van der Waals surface area (Å²) in [6.07, 6.45) is 0.0652. The monoisotopic (exact) mass is 465 g/mol. The number of rotatable bonds is 3. The summed E-state index contributed by atoms with van der Waals surface area (Å²) in [7, 11) is 0. The van der Waals surface area contributed by atoms with Gasteiger partial charge in [-0.1, -0.05) is 24.3 Å². The van der Waals surface area contributed by atoms with E-state index in [1.807, 2.05) is 30.3 Å². The van der Waals surface area contributed by atoms with E-state index in [1.54, 1.807) is 23.2 Å². The van der Waals surface area contributed by atoms with E-state index in [2.05, 4.69) is 15.0 Å². The minimum atomic E-state index is -3.69. The van der Waals surface area contributed by atoms with Gasteiger partial charge in [-0.3, -0.25) is 4.79 Å². The fourth-order valence-corrected chi connectivity index (χ4v) is 4.53. The fourth-order valence-electron chi connectivity index (χ4n) is 4.53. The molecule has 3 aliphatic heterocycles. The van der Waals surface area contributed by atoms with Crippen LogP contribution in [0.25, 0.3) is 22.8 Å². The molecule has 2 aromatic carbocycles. The van der Waals surface area contributed by atoms with Gasteiger partial charge in [-0.25, -0.2) is 0 Å². The van der Waals surface area contributed by atoms with E-state index in [0.29, 0.717) is 49.5 Å². The molecule has 1 saturated heterocycles. The number of nitrogens with one attached hydrogen (secondary N) is 2. The van der Waals surface area contributed by atoms with Crippen LogP contribution in [0, 0.1) is 0 Å². The molecule has 6 rings (SSSR count). The van der Waals surface area contributed by atoms with Crippen LogP contribution in [0.1, 0.15) is 21.5 Å². The smallest absolute Gasteiger partial charge is 0.395 e. The van der Waals surface area contributed by atoms with Gasteiger partial charge >= 0.3 is 6.29 Å². The lowest BCUT2D eigenvalue weighted by Crippen LogP contribution is -2.40. The number of carbonyl (C=O) groups is 1. The lowest BCUT2D eigenvalue weighted by atomic mass is 9.95. The van der Waals surface area contributed by atoms with Gasteiger partial charge in [0.2, 0.25) is 0 Å². The quantitative estimate of drug-likeness (QED) is 0.598. The molecule has 0 aliphatic carbocycles. The Morgan fingerprint density at radius 1 is 1.03 bits per heavy atom. The highest BCUT2D eigenvalue weighted by Crippen LogP contribution is 2.49. The zero-order chi connectivity index (χ0) is 23.3. The second-order valence-corrected chi connectivity index (χ2v) is 8.30. The molecule has 0 atom stereocenters. The maximum atomic E-state index is 13.7. The van der Waals surface area contributed by atoms with Gasteiger partial charge in [0.1, 0.15) is 5.82 Å². The van der Waals surface area contributed by atoms with Crippen molar-refractivity contribution in [3.8, 4) is 22.6 Å². The van der Waals surface area contributed by atoms with E-state index >= 15 is 0 Å². The molecule has 3 aromatic rings. The summed E-state index contributed by atoms with van der Waals surface area (Å²) in [5, 5.41) is 3.34. The fraction of sp³-hybridized carbons (Fsp3) is 0.240. The Balaban J connectivity index is 1.35. The van der Waals surface area contributed by atoms with Gasteiger partial charge in [0.25, 0.3) is 5.91 Å². The van der Waals surface area contributed by atoms with Crippen LogP contribution in [-0.2, 0) is 4.74 Å². The molecule has 3 aliphatic rings. The maximum Gasteiger partial charge on any atom is 0.586 e.